The molecule has 0 radical (unpaired) electrons. The zero-order valence-corrected chi connectivity index (χ0v) is 23.4. The van der Waals surface area contributed by atoms with E-state index in [0.717, 1.165) is 6.54 Å². The maximum atomic E-state index is 4.11. The van der Waals surface area contributed by atoms with Crippen molar-refractivity contribution < 1.29 is 0 Å². The van der Waals surface area contributed by atoms with Gasteiger partial charge in [-0.05, 0) is 24.8 Å². The molecular formula is C33H59N. The van der Waals surface area contributed by atoms with E-state index in [1.807, 2.05) is 0 Å². The molecule has 0 fully saturated rings. The molecule has 0 bridgehead atoms. The molecule has 1 nitrogen and oxygen atoms in total. The first-order chi connectivity index (χ1) is 16.8. The summed E-state index contributed by atoms with van der Waals surface area (Å²) in [4.78, 5) is 0. The highest BCUT2D eigenvalue weighted by Gasteiger charge is 2.27. The van der Waals surface area contributed by atoms with Crippen molar-refractivity contribution in [1.82, 2.24) is 5.32 Å². The first kappa shape index (κ1) is 31.0. The van der Waals surface area contributed by atoms with Crippen molar-refractivity contribution in [1.29, 1.82) is 0 Å². The average Bonchev–Trinajstić information content (AvgIpc) is 2.86. The summed E-state index contributed by atoms with van der Waals surface area (Å²) >= 11 is 0. The standard InChI is InChI=1S/C33H59N/c1-4-7-10-13-16-22-29-33(28-21-15-12-9-6-3,30-23-17-14-11-8-5-2)34-31-24-27-32-25-19-18-20-26-32/h18-20,24-27,34H,4-17,21-23,28-31H2,1-3H3. The van der Waals surface area contributed by atoms with Gasteiger partial charge in [0.05, 0.1) is 0 Å². The zero-order chi connectivity index (χ0) is 24.6. The molecular weight excluding hydrogens is 410 g/mol. The van der Waals surface area contributed by atoms with E-state index in [-0.39, 0.29) is 0 Å². The molecule has 0 heterocycles. The van der Waals surface area contributed by atoms with Gasteiger partial charge in [0.25, 0.3) is 0 Å². The van der Waals surface area contributed by atoms with Crippen LogP contribution in [0.15, 0.2) is 36.4 Å². The molecule has 1 N–H and O–H groups in total. The van der Waals surface area contributed by atoms with Crippen LogP contribution in [-0.4, -0.2) is 12.1 Å². The van der Waals surface area contributed by atoms with E-state index in [0.29, 0.717) is 5.54 Å². The van der Waals surface area contributed by atoms with Gasteiger partial charge < -0.3 is 5.32 Å². The molecule has 0 amide bonds. The molecule has 1 aromatic carbocycles. The molecule has 0 aliphatic carbocycles. The molecule has 0 aromatic heterocycles. The highest BCUT2D eigenvalue weighted by atomic mass is 15.0. The third-order valence-electron chi connectivity index (χ3n) is 7.48. The smallest absolute Gasteiger partial charge is 0.0184 e. The lowest BCUT2D eigenvalue weighted by atomic mass is 9.81. The van der Waals surface area contributed by atoms with Gasteiger partial charge in [-0.15, -0.1) is 0 Å². The SMILES string of the molecule is CCCCCCCCC(CCCCCCC)(CCCCCCCC)NCC=Cc1ccccc1. The molecule has 34 heavy (non-hydrogen) atoms. The Morgan fingerprint density at radius 2 is 0.971 bits per heavy atom. The van der Waals surface area contributed by atoms with Crippen LogP contribution in [-0.2, 0) is 0 Å². The van der Waals surface area contributed by atoms with Crippen molar-refractivity contribution in [3.8, 4) is 0 Å². The molecule has 0 atom stereocenters. The first-order valence-corrected chi connectivity index (χ1v) is 15.2. The summed E-state index contributed by atoms with van der Waals surface area (Å²) in [5.41, 5.74) is 1.64. The van der Waals surface area contributed by atoms with Gasteiger partial charge in [0.2, 0.25) is 0 Å². The van der Waals surface area contributed by atoms with E-state index in [2.05, 4.69) is 68.6 Å². The third-order valence-corrected chi connectivity index (χ3v) is 7.48. The number of benzene rings is 1. The lowest BCUT2D eigenvalue weighted by Crippen LogP contribution is -2.45. The molecule has 196 valence electrons. The second-order valence-electron chi connectivity index (χ2n) is 10.7. The van der Waals surface area contributed by atoms with Gasteiger partial charge >= 0.3 is 0 Å². The van der Waals surface area contributed by atoms with Crippen molar-refractivity contribution in [2.24, 2.45) is 0 Å². The maximum Gasteiger partial charge on any atom is 0.0184 e. The Kier molecular flexibility index (Phi) is 20.4. The van der Waals surface area contributed by atoms with Crippen LogP contribution in [0.1, 0.15) is 155 Å². The summed E-state index contributed by atoms with van der Waals surface area (Å²) in [6.07, 6.45) is 32.5. The van der Waals surface area contributed by atoms with Crippen LogP contribution in [0.3, 0.4) is 0 Å². The predicted octanol–water partition coefficient (Wildman–Crippen LogP) is 10.9. The van der Waals surface area contributed by atoms with Crippen LogP contribution in [0.4, 0.5) is 0 Å². The lowest BCUT2D eigenvalue weighted by molar-refractivity contribution is 0.244. The number of hydrogen-bond donors (Lipinski definition) is 1. The van der Waals surface area contributed by atoms with Crippen molar-refractivity contribution >= 4 is 6.08 Å². The van der Waals surface area contributed by atoms with E-state index >= 15 is 0 Å². The van der Waals surface area contributed by atoms with Crippen LogP contribution >= 0.6 is 0 Å². The van der Waals surface area contributed by atoms with Crippen LogP contribution in [0.5, 0.6) is 0 Å². The molecule has 1 heteroatoms. The van der Waals surface area contributed by atoms with E-state index in [1.165, 1.54) is 134 Å². The molecule has 0 spiro atoms. The van der Waals surface area contributed by atoms with Crippen molar-refractivity contribution in [2.75, 3.05) is 6.54 Å². The molecule has 0 unspecified atom stereocenters. The lowest BCUT2D eigenvalue weighted by Gasteiger charge is -2.36. The minimum atomic E-state index is 0.336. The topological polar surface area (TPSA) is 12.0 Å². The molecule has 1 rings (SSSR count). The predicted molar refractivity (Wildman–Crippen MR) is 156 cm³/mol. The monoisotopic (exact) mass is 469 g/mol. The van der Waals surface area contributed by atoms with Gasteiger partial charge in [0, 0.05) is 12.1 Å². The normalized spacial score (nSPS) is 12.1. The summed E-state index contributed by atoms with van der Waals surface area (Å²) in [5.74, 6) is 0. The Bertz CT molecular complexity index is 545. The minimum absolute atomic E-state index is 0.336. The fourth-order valence-corrected chi connectivity index (χ4v) is 5.23. The van der Waals surface area contributed by atoms with Gasteiger partial charge in [-0.1, -0.05) is 172 Å². The van der Waals surface area contributed by atoms with Gasteiger partial charge in [-0.3, -0.25) is 0 Å². The quantitative estimate of drug-likeness (QED) is 0.148. The Morgan fingerprint density at radius 3 is 1.41 bits per heavy atom. The van der Waals surface area contributed by atoms with Gasteiger partial charge in [-0.25, -0.2) is 0 Å². The molecule has 0 saturated heterocycles. The number of unbranched alkanes of at least 4 members (excludes halogenated alkanes) is 14. The first-order valence-electron chi connectivity index (χ1n) is 15.2. The van der Waals surface area contributed by atoms with E-state index in [1.54, 1.807) is 0 Å². The van der Waals surface area contributed by atoms with E-state index in [9.17, 15) is 0 Å². The zero-order valence-electron chi connectivity index (χ0n) is 23.4. The van der Waals surface area contributed by atoms with E-state index in [4.69, 9.17) is 0 Å². The molecule has 0 saturated carbocycles. The van der Waals surface area contributed by atoms with Crippen molar-refractivity contribution in [3.63, 3.8) is 0 Å². The van der Waals surface area contributed by atoms with Gasteiger partial charge in [0.15, 0.2) is 0 Å². The highest BCUT2D eigenvalue weighted by molar-refractivity contribution is 5.48. The Labute approximate surface area is 214 Å². The van der Waals surface area contributed by atoms with Crippen molar-refractivity contribution in [3.05, 3.63) is 42.0 Å². The van der Waals surface area contributed by atoms with Crippen LogP contribution in [0.25, 0.3) is 6.08 Å². The van der Waals surface area contributed by atoms with Crippen LogP contribution in [0, 0.1) is 0 Å². The summed E-state index contributed by atoms with van der Waals surface area (Å²) in [6, 6.07) is 10.8. The summed E-state index contributed by atoms with van der Waals surface area (Å²) < 4.78 is 0. The van der Waals surface area contributed by atoms with Crippen molar-refractivity contribution in [2.45, 2.75) is 155 Å². The molecule has 0 aliphatic rings. The third kappa shape index (κ3) is 16.5. The van der Waals surface area contributed by atoms with Gasteiger partial charge in [-0.2, -0.15) is 0 Å². The largest absolute Gasteiger partial charge is 0.308 e. The van der Waals surface area contributed by atoms with Crippen LogP contribution in [0.2, 0.25) is 0 Å². The van der Waals surface area contributed by atoms with Gasteiger partial charge in [0.1, 0.15) is 0 Å². The Hall–Kier alpha value is -1.08. The number of nitrogens with one attached hydrogen (secondary N) is 1. The maximum absolute atomic E-state index is 4.11. The Morgan fingerprint density at radius 1 is 0.559 bits per heavy atom. The summed E-state index contributed by atoms with van der Waals surface area (Å²) in [7, 11) is 0. The Balaban J connectivity index is 2.70. The summed E-state index contributed by atoms with van der Waals surface area (Å²) in [6.45, 7) is 7.95. The van der Waals surface area contributed by atoms with E-state index < -0.39 is 0 Å². The second kappa shape index (κ2) is 22.4. The summed E-state index contributed by atoms with van der Waals surface area (Å²) in [5, 5.41) is 4.11. The fourth-order valence-electron chi connectivity index (χ4n) is 5.23. The number of hydrogen-bond acceptors (Lipinski definition) is 1. The molecule has 1 aromatic rings. The molecule has 0 aliphatic heterocycles. The minimum Gasteiger partial charge on any atom is -0.308 e. The highest BCUT2D eigenvalue weighted by Crippen LogP contribution is 2.29. The fraction of sp³-hybridized carbons (Fsp3) is 0.758. The number of rotatable bonds is 24. The van der Waals surface area contributed by atoms with Crippen LogP contribution < -0.4 is 5.32 Å². The second-order valence-corrected chi connectivity index (χ2v) is 10.7. The average molecular weight is 470 g/mol.